The van der Waals surface area contributed by atoms with Gasteiger partial charge in [-0.3, -0.25) is 4.79 Å². The monoisotopic (exact) mass is 243 g/mol. The number of sulfone groups is 1. The first-order valence-electron chi connectivity index (χ1n) is 4.64. The lowest BCUT2D eigenvalue weighted by Crippen LogP contribution is -2.28. The van der Waals surface area contributed by atoms with Crippen LogP contribution in [0, 0.1) is 0 Å². The van der Waals surface area contributed by atoms with E-state index in [1.165, 1.54) is 12.1 Å². The van der Waals surface area contributed by atoms with Gasteiger partial charge in [-0.1, -0.05) is 12.1 Å². The van der Waals surface area contributed by atoms with E-state index in [0.29, 0.717) is 0 Å². The van der Waals surface area contributed by atoms with Crippen molar-refractivity contribution in [1.82, 2.24) is 5.32 Å². The highest BCUT2D eigenvalue weighted by atomic mass is 32.2. The van der Waals surface area contributed by atoms with E-state index < -0.39 is 15.7 Å². The highest BCUT2D eigenvalue weighted by Crippen LogP contribution is 2.14. The fourth-order valence-corrected chi connectivity index (χ4v) is 1.58. The summed E-state index contributed by atoms with van der Waals surface area (Å²) >= 11 is 0. The van der Waals surface area contributed by atoms with Crippen molar-refractivity contribution in [2.45, 2.75) is 0 Å². The summed E-state index contributed by atoms with van der Waals surface area (Å²) in [4.78, 5) is 11.5. The molecule has 2 N–H and O–H groups in total. The second-order valence-corrected chi connectivity index (χ2v) is 5.66. The summed E-state index contributed by atoms with van der Waals surface area (Å²) < 4.78 is 21.6. The summed E-state index contributed by atoms with van der Waals surface area (Å²) in [7, 11) is -3.09. The molecule has 88 valence electrons. The molecule has 0 aliphatic rings. The van der Waals surface area contributed by atoms with Crippen LogP contribution in [0.5, 0.6) is 5.75 Å². The smallest absolute Gasteiger partial charge is 0.255 e. The number of para-hydroxylation sites is 1. The Bertz CT molecular complexity index is 481. The van der Waals surface area contributed by atoms with E-state index in [4.69, 9.17) is 0 Å². The molecule has 0 unspecified atom stereocenters. The molecule has 0 fully saturated rings. The van der Waals surface area contributed by atoms with Crippen molar-refractivity contribution in [3.05, 3.63) is 29.8 Å². The van der Waals surface area contributed by atoms with Crippen LogP contribution >= 0.6 is 0 Å². The van der Waals surface area contributed by atoms with E-state index in [0.717, 1.165) is 6.26 Å². The number of phenols is 1. The molecule has 0 heterocycles. The van der Waals surface area contributed by atoms with E-state index >= 15 is 0 Å². The molecule has 0 spiro atoms. The number of aromatic hydroxyl groups is 1. The molecule has 0 saturated carbocycles. The van der Waals surface area contributed by atoms with Crippen molar-refractivity contribution in [3.63, 3.8) is 0 Å². The Morgan fingerprint density at radius 2 is 2.00 bits per heavy atom. The zero-order valence-electron chi connectivity index (χ0n) is 8.80. The number of phenolic OH excluding ortho intramolecular Hbond substituents is 1. The summed E-state index contributed by atoms with van der Waals surface area (Å²) in [6, 6.07) is 6.07. The molecule has 1 aromatic carbocycles. The Morgan fingerprint density at radius 1 is 1.38 bits per heavy atom. The van der Waals surface area contributed by atoms with Crippen molar-refractivity contribution >= 4 is 15.7 Å². The van der Waals surface area contributed by atoms with Crippen LogP contribution in [0.4, 0.5) is 0 Å². The Morgan fingerprint density at radius 3 is 2.56 bits per heavy atom. The van der Waals surface area contributed by atoms with Crippen molar-refractivity contribution in [1.29, 1.82) is 0 Å². The molecule has 0 radical (unpaired) electrons. The normalized spacial score (nSPS) is 11.1. The van der Waals surface area contributed by atoms with Gasteiger partial charge < -0.3 is 10.4 Å². The van der Waals surface area contributed by atoms with Crippen molar-refractivity contribution < 1.29 is 18.3 Å². The fourth-order valence-electron chi connectivity index (χ4n) is 1.11. The molecule has 5 nitrogen and oxygen atoms in total. The van der Waals surface area contributed by atoms with Gasteiger partial charge in [0, 0.05) is 12.8 Å². The molecule has 0 aromatic heterocycles. The first kappa shape index (κ1) is 12.5. The average molecular weight is 243 g/mol. The minimum atomic E-state index is -3.09. The van der Waals surface area contributed by atoms with Crippen LogP contribution in [0.15, 0.2) is 24.3 Å². The molecule has 0 aliphatic carbocycles. The fraction of sp³-hybridized carbons (Fsp3) is 0.300. The Balaban J connectivity index is 2.57. The average Bonchev–Trinajstić information content (AvgIpc) is 2.16. The van der Waals surface area contributed by atoms with Crippen molar-refractivity contribution in [2.75, 3.05) is 18.6 Å². The molecule has 1 amide bonds. The number of carbonyl (C=O) groups excluding carboxylic acids is 1. The first-order valence-corrected chi connectivity index (χ1v) is 6.70. The number of nitrogens with one attached hydrogen (secondary N) is 1. The highest BCUT2D eigenvalue weighted by Gasteiger charge is 2.10. The second-order valence-electron chi connectivity index (χ2n) is 3.40. The summed E-state index contributed by atoms with van der Waals surface area (Å²) in [6.45, 7) is 0.0337. The molecule has 0 bridgehead atoms. The predicted molar refractivity (Wildman–Crippen MR) is 60.2 cm³/mol. The summed E-state index contributed by atoms with van der Waals surface area (Å²) in [5.41, 5.74) is 0.135. The van der Waals surface area contributed by atoms with Gasteiger partial charge in [-0.05, 0) is 12.1 Å². The third kappa shape index (κ3) is 3.90. The minimum Gasteiger partial charge on any atom is -0.507 e. The minimum absolute atomic E-state index is 0.0337. The maximum atomic E-state index is 11.5. The maximum absolute atomic E-state index is 11.5. The number of amides is 1. The highest BCUT2D eigenvalue weighted by molar-refractivity contribution is 7.90. The molecule has 6 heteroatoms. The molecule has 0 atom stereocenters. The lowest BCUT2D eigenvalue weighted by molar-refractivity contribution is 0.0953. The van der Waals surface area contributed by atoms with E-state index in [2.05, 4.69) is 5.32 Å². The van der Waals surface area contributed by atoms with Crippen LogP contribution in [0.3, 0.4) is 0 Å². The molecule has 16 heavy (non-hydrogen) atoms. The quantitative estimate of drug-likeness (QED) is 0.789. The third-order valence-corrected chi connectivity index (χ3v) is 2.85. The Labute approximate surface area is 94.0 Å². The topological polar surface area (TPSA) is 83.5 Å². The summed E-state index contributed by atoms with van der Waals surface area (Å²) in [5, 5.41) is 11.8. The van der Waals surface area contributed by atoms with Gasteiger partial charge in [-0.2, -0.15) is 0 Å². The van der Waals surface area contributed by atoms with Gasteiger partial charge >= 0.3 is 0 Å². The number of hydrogen-bond acceptors (Lipinski definition) is 4. The van der Waals surface area contributed by atoms with Gasteiger partial charge in [0.25, 0.3) is 5.91 Å². The van der Waals surface area contributed by atoms with Crippen LogP contribution in [0.1, 0.15) is 10.4 Å². The predicted octanol–water partition coefficient (Wildman–Crippen LogP) is 0.167. The molecule has 0 saturated heterocycles. The summed E-state index contributed by atoms with van der Waals surface area (Å²) in [5.74, 6) is -0.729. The van der Waals surface area contributed by atoms with E-state index in [1.807, 2.05) is 0 Å². The lowest BCUT2D eigenvalue weighted by atomic mass is 10.2. The van der Waals surface area contributed by atoms with Crippen molar-refractivity contribution in [2.24, 2.45) is 0 Å². The van der Waals surface area contributed by atoms with Crippen LogP contribution in [0.25, 0.3) is 0 Å². The zero-order chi connectivity index (χ0) is 12.2. The van der Waals surface area contributed by atoms with E-state index in [1.54, 1.807) is 12.1 Å². The molecule has 0 aliphatic heterocycles. The Hall–Kier alpha value is -1.56. The van der Waals surface area contributed by atoms with E-state index in [9.17, 15) is 18.3 Å². The van der Waals surface area contributed by atoms with Gasteiger partial charge in [0.2, 0.25) is 0 Å². The van der Waals surface area contributed by atoms with Gasteiger partial charge in [0.05, 0.1) is 11.3 Å². The van der Waals surface area contributed by atoms with E-state index in [-0.39, 0.29) is 23.6 Å². The van der Waals surface area contributed by atoms with Crippen LogP contribution < -0.4 is 5.32 Å². The first-order chi connectivity index (χ1) is 7.40. The lowest BCUT2D eigenvalue weighted by Gasteiger charge is -2.05. The van der Waals surface area contributed by atoms with Gasteiger partial charge in [-0.25, -0.2) is 8.42 Å². The zero-order valence-corrected chi connectivity index (χ0v) is 9.62. The number of rotatable bonds is 4. The number of benzene rings is 1. The van der Waals surface area contributed by atoms with Crippen LogP contribution in [0.2, 0.25) is 0 Å². The van der Waals surface area contributed by atoms with Crippen LogP contribution in [-0.2, 0) is 9.84 Å². The van der Waals surface area contributed by atoms with Gasteiger partial charge in [0.15, 0.2) is 0 Å². The number of carbonyl (C=O) groups is 1. The number of hydrogen-bond donors (Lipinski definition) is 2. The van der Waals surface area contributed by atoms with Crippen LogP contribution in [-0.4, -0.2) is 38.0 Å². The molecule has 1 aromatic rings. The van der Waals surface area contributed by atoms with Gasteiger partial charge in [0.1, 0.15) is 15.6 Å². The largest absolute Gasteiger partial charge is 0.507 e. The molecular weight excluding hydrogens is 230 g/mol. The maximum Gasteiger partial charge on any atom is 0.255 e. The SMILES string of the molecule is CS(=O)(=O)CCNC(=O)c1ccccc1O. The second kappa shape index (κ2) is 4.98. The molecule has 1 rings (SSSR count). The third-order valence-electron chi connectivity index (χ3n) is 1.91. The van der Waals surface area contributed by atoms with Crippen molar-refractivity contribution in [3.8, 4) is 5.75 Å². The van der Waals surface area contributed by atoms with Gasteiger partial charge in [-0.15, -0.1) is 0 Å². The standard InChI is InChI=1S/C10H13NO4S/c1-16(14,15)7-6-11-10(13)8-4-2-3-5-9(8)12/h2-5,12H,6-7H2,1H3,(H,11,13). The molecular formula is C10H13NO4S. The summed E-state index contributed by atoms with van der Waals surface area (Å²) in [6.07, 6.45) is 1.10. The Kier molecular flexibility index (Phi) is 3.89.